The molecule has 0 aromatic heterocycles. The van der Waals surface area contributed by atoms with E-state index in [1.807, 2.05) is 6.07 Å². The highest BCUT2D eigenvalue weighted by atomic mass is 35.5. The van der Waals surface area contributed by atoms with Crippen LogP contribution in [0.25, 0.3) is 0 Å². The second-order valence-electron chi connectivity index (χ2n) is 6.01. The molecule has 2 N–H and O–H groups in total. The molecule has 1 unspecified atom stereocenters. The number of halogens is 2. The number of nitrogens with one attached hydrogen (secondary N) is 2. The minimum Gasteiger partial charge on any atom is -0.353 e. The van der Waals surface area contributed by atoms with Crippen LogP contribution in [-0.2, 0) is 11.3 Å². The van der Waals surface area contributed by atoms with E-state index in [1.165, 1.54) is 12.0 Å². The number of carbonyl (C=O) groups excluding carboxylic acids is 1. The Kier molecular flexibility index (Phi) is 13.0. The van der Waals surface area contributed by atoms with Crippen LogP contribution in [0.3, 0.4) is 0 Å². The van der Waals surface area contributed by atoms with Crippen molar-refractivity contribution in [3.63, 3.8) is 0 Å². The summed E-state index contributed by atoms with van der Waals surface area (Å²) >= 11 is 0. The molecule has 0 aliphatic carbocycles. The fourth-order valence-electron chi connectivity index (χ4n) is 2.99. The summed E-state index contributed by atoms with van der Waals surface area (Å²) in [4.78, 5) is 14.8. The lowest BCUT2D eigenvalue weighted by Crippen LogP contribution is -2.50. The highest BCUT2D eigenvalue weighted by molar-refractivity contribution is 5.85. The molecule has 1 fully saturated rings. The van der Waals surface area contributed by atoms with E-state index >= 15 is 0 Å². The van der Waals surface area contributed by atoms with E-state index in [-0.39, 0.29) is 36.8 Å². The molecular weight excluding hydrogens is 345 g/mol. The molecule has 1 atom stereocenters. The summed E-state index contributed by atoms with van der Waals surface area (Å²) in [6.07, 6.45) is 4.44. The number of carbonyl (C=O) groups is 1. The molecule has 1 aliphatic rings. The number of hydrogen-bond donors (Lipinski definition) is 2. The Morgan fingerprint density at radius 1 is 1.12 bits per heavy atom. The van der Waals surface area contributed by atoms with Crippen LogP contribution < -0.4 is 10.6 Å². The van der Waals surface area contributed by atoms with Gasteiger partial charge in [-0.2, -0.15) is 0 Å². The minimum absolute atomic E-state index is 0. The van der Waals surface area contributed by atoms with E-state index in [4.69, 9.17) is 0 Å². The lowest BCUT2D eigenvalue weighted by Gasteiger charge is -2.34. The first-order chi connectivity index (χ1) is 10.8. The van der Waals surface area contributed by atoms with Gasteiger partial charge in [-0.05, 0) is 37.9 Å². The quantitative estimate of drug-likeness (QED) is 0.686. The van der Waals surface area contributed by atoms with Gasteiger partial charge >= 0.3 is 0 Å². The molecule has 0 bridgehead atoms. The molecule has 2 rings (SSSR count). The predicted molar refractivity (Wildman–Crippen MR) is 105 cm³/mol. The van der Waals surface area contributed by atoms with Crippen LogP contribution in [0.1, 0.15) is 38.2 Å². The van der Waals surface area contributed by atoms with Crippen molar-refractivity contribution in [2.75, 3.05) is 26.2 Å². The second kappa shape index (κ2) is 13.5. The van der Waals surface area contributed by atoms with E-state index in [1.54, 1.807) is 0 Å². The number of amides is 1. The largest absolute Gasteiger partial charge is 0.353 e. The normalized spacial score (nSPS) is 17.5. The third-order valence-corrected chi connectivity index (χ3v) is 4.17. The Hall–Kier alpha value is -0.810. The van der Waals surface area contributed by atoms with E-state index in [2.05, 4.69) is 46.7 Å². The van der Waals surface area contributed by atoms with Gasteiger partial charge in [0.15, 0.2) is 0 Å². The molecule has 1 saturated heterocycles. The Labute approximate surface area is 158 Å². The summed E-state index contributed by atoms with van der Waals surface area (Å²) in [6, 6.07) is 10.5. The van der Waals surface area contributed by atoms with Gasteiger partial charge < -0.3 is 10.6 Å². The van der Waals surface area contributed by atoms with Crippen LogP contribution in [-0.4, -0.2) is 43.0 Å². The lowest BCUT2D eigenvalue weighted by atomic mass is 10.0. The van der Waals surface area contributed by atoms with Gasteiger partial charge in [0.05, 0.1) is 6.04 Å². The number of piperidine rings is 1. The fourth-order valence-corrected chi connectivity index (χ4v) is 2.99. The van der Waals surface area contributed by atoms with E-state index < -0.39 is 0 Å². The predicted octanol–water partition coefficient (Wildman–Crippen LogP) is 3.00. The van der Waals surface area contributed by atoms with Gasteiger partial charge in [-0.1, -0.05) is 43.7 Å². The van der Waals surface area contributed by atoms with Gasteiger partial charge in [0.25, 0.3) is 0 Å². The number of likely N-dealkylation sites (tertiary alicyclic amines) is 1. The summed E-state index contributed by atoms with van der Waals surface area (Å²) in [7, 11) is 0. The monoisotopic (exact) mass is 375 g/mol. The topological polar surface area (TPSA) is 44.4 Å². The number of nitrogens with zero attached hydrogens (tertiary/aromatic N) is 1. The SMILES string of the molecule is CCCNCCNC(=O)C1CCCCN1Cc1ccccc1.Cl.Cl. The van der Waals surface area contributed by atoms with Gasteiger partial charge in [0, 0.05) is 19.6 Å². The molecule has 4 nitrogen and oxygen atoms in total. The third kappa shape index (κ3) is 7.84. The van der Waals surface area contributed by atoms with E-state index in [0.29, 0.717) is 6.54 Å². The van der Waals surface area contributed by atoms with Crippen LogP contribution in [0, 0.1) is 0 Å². The molecule has 1 aliphatic heterocycles. The highest BCUT2D eigenvalue weighted by Crippen LogP contribution is 2.19. The molecule has 1 aromatic rings. The first-order valence-corrected chi connectivity index (χ1v) is 8.57. The fraction of sp³-hybridized carbons (Fsp3) is 0.611. The average Bonchev–Trinajstić information content (AvgIpc) is 2.56. The van der Waals surface area contributed by atoms with Crippen molar-refractivity contribution in [2.24, 2.45) is 0 Å². The smallest absolute Gasteiger partial charge is 0.237 e. The summed E-state index contributed by atoms with van der Waals surface area (Å²) in [5.41, 5.74) is 1.28. The molecule has 0 radical (unpaired) electrons. The molecule has 6 heteroatoms. The lowest BCUT2D eigenvalue weighted by molar-refractivity contribution is -0.127. The van der Waals surface area contributed by atoms with Gasteiger partial charge in [-0.25, -0.2) is 0 Å². The van der Waals surface area contributed by atoms with E-state index in [0.717, 1.165) is 45.4 Å². The molecule has 1 aromatic carbocycles. The van der Waals surface area contributed by atoms with Crippen molar-refractivity contribution in [3.8, 4) is 0 Å². The third-order valence-electron chi connectivity index (χ3n) is 4.17. The minimum atomic E-state index is 0. The van der Waals surface area contributed by atoms with Crippen molar-refractivity contribution in [3.05, 3.63) is 35.9 Å². The maximum atomic E-state index is 12.5. The van der Waals surface area contributed by atoms with Crippen LogP contribution in [0.2, 0.25) is 0 Å². The van der Waals surface area contributed by atoms with E-state index in [9.17, 15) is 4.79 Å². The number of hydrogen-bond acceptors (Lipinski definition) is 3. The summed E-state index contributed by atoms with van der Waals surface area (Å²) in [5.74, 6) is 0.189. The standard InChI is InChI=1S/C18H29N3O.2ClH/c1-2-11-19-12-13-20-18(22)17-10-6-7-14-21(17)15-16-8-4-3-5-9-16;;/h3-5,8-9,17,19H,2,6-7,10-15H2,1H3,(H,20,22);2*1H. The molecular formula is C18H31Cl2N3O. The van der Waals surface area contributed by atoms with Crippen LogP contribution in [0.5, 0.6) is 0 Å². The molecule has 1 heterocycles. The van der Waals surface area contributed by atoms with Gasteiger partial charge in [-0.3, -0.25) is 9.69 Å². The van der Waals surface area contributed by atoms with Crippen molar-refractivity contribution in [1.29, 1.82) is 0 Å². The van der Waals surface area contributed by atoms with Gasteiger partial charge in [0.2, 0.25) is 5.91 Å². The van der Waals surface area contributed by atoms with Crippen LogP contribution in [0.15, 0.2) is 30.3 Å². The Bertz CT molecular complexity index is 445. The highest BCUT2D eigenvalue weighted by Gasteiger charge is 2.28. The number of benzene rings is 1. The van der Waals surface area contributed by atoms with Gasteiger partial charge in [-0.15, -0.1) is 24.8 Å². The summed E-state index contributed by atoms with van der Waals surface area (Å²) in [6.45, 7) is 6.61. The Balaban J connectivity index is 0.00000264. The van der Waals surface area contributed by atoms with Crippen LogP contribution >= 0.6 is 24.8 Å². The maximum absolute atomic E-state index is 12.5. The zero-order valence-electron chi connectivity index (χ0n) is 14.5. The van der Waals surface area contributed by atoms with Crippen molar-refractivity contribution < 1.29 is 4.79 Å². The molecule has 0 saturated carbocycles. The average molecular weight is 376 g/mol. The Morgan fingerprint density at radius 3 is 2.58 bits per heavy atom. The maximum Gasteiger partial charge on any atom is 0.237 e. The van der Waals surface area contributed by atoms with Crippen molar-refractivity contribution >= 4 is 30.7 Å². The van der Waals surface area contributed by atoms with Gasteiger partial charge in [0.1, 0.15) is 0 Å². The number of rotatable bonds is 8. The van der Waals surface area contributed by atoms with Crippen molar-refractivity contribution in [2.45, 2.75) is 45.2 Å². The molecule has 138 valence electrons. The summed E-state index contributed by atoms with van der Waals surface area (Å²) < 4.78 is 0. The zero-order chi connectivity index (χ0) is 15.6. The Morgan fingerprint density at radius 2 is 1.88 bits per heavy atom. The first kappa shape index (κ1) is 23.2. The first-order valence-electron chi connectivity index (χ1n) is 8.57. The van der Waals surface area contributed by atoms with Crippen LogP contribution in [0.4, 0.5) is 0 Å². The molecule has 0 spiro atoms. The van der Waals surface area contributed by atoms with Crippen molar-refractivity contribution in [1.82, 2.24) is 15.5 Å². The second-order valence-corrected chi connectivity index (χ2v) is 6.01. The molecule has 24 heavy (non-hydrogen) atoms. The zero-order valence-corrected chi connectivity index (χ0v) is 16.1. The summed E-state index contributed by atoms with van der Waals surface area (Å²) in [5, 5.41) is 6.40. The molecule has 1 amide bonds.